The first kappa shape index (κ1) is 21.0. The van der Waals surface area contributed by atoms with E-state index in [9.17, 15) is 9.59 Å². The zero-order valence-electron chi connectivity index (χ0n) is 16.6. The zero-order chi connectivity index (χ0) is 19.6. The van der Waals surface area contributed by atoms with Gasteiger partial charge in [-0.15, -0.1) is 0 Å². The highest BCUT2D eigenvalue weighted by atomic mass is 16.5. The van der Waals surface area contributed by atoms with Gasteiger partial charge >= 0.3 is 0 Å². The Balaban J connectivity index is 1.80. The van der Waals surface area contributed by atoms with Gasteiger partial charge in [-0.05, 0) is 49.3 Å². The average molecular weight is 373 g/mol. The molecule has 0 bridgehead atoms. The van der Waals surface area contributed by atoms with E-state index in [4.69, 9.17) is 9.47 Å². The number of benzene rings is 1. The van der Waals surface area contributed by atoms with Crippen LogP contribution < -0.4 is 14.8 Å². The van der Waals surface area contributed by atoms with Crippen LogP contribution in [0.1, 0.15) is 44.6 Å². The third kappa shape index (κ3) is 6.12. The molecule has 1 aliphatic rings. The molecule has 5 nitrogen and oxygen atoms in total. The van der Waals surface area contributed by atoms with Crippen molar-refractivity contribution < 1.29 is 19.1 Å². The molecule has 1 N–H and O–H groups in total. The van der Waals surface area contributed by atoms with Gasteiger partial charge in [0.25, 0.3) is 0 Å². The molecule has 0 unspecified atom stereocenters. The molecule has 0 aromatic heterocycles. The number of Topliss-reactive ketones (excluding diaryl/α,β-unsaturated/α-hetero) is 1. The zero-order valence-corrected chi connectivity index (χ0v) is 16.6. The van der Waals surface area contributed by atoms with Crippen LogP contribution in [0.15, 0.2) is 30.4 Å². The number of amides is 1. The van der Waals surface area contributed by atoms with E-state index in [0.717, 1.165) is 31.2 Å². The first-order chi connectivity index (χ1) is 13.1. The van der Waals surface area contributed by atoms with E-state index in [1.54, 1.807) is 14.2 Å². The van der Waals surface area contributed by atoms with E-state index >= 15 is 0 Å². The lowest BCUT2D eigenvalue weighted by Gasteiger charge is -2.16. The smallest absolute Gasteiger partial charge is 0.220 e. The minimum atomic E-state index is 0.00407. The number of hydrogen-bond acceptors (Lipinski definition) is 4. The minimum Gasteiger partial charge on any atom is -0.493 e. The van der Waals surface area contributed by atoms with Gasteiger partial charge in [0.05, 0.1) is 14.2 Å². The van der Waals surface area contributed by atoms with Gasteiger partial charge in [0.1, 0.15) is 5.78 Å². The molecule has 2 rings (SSSR count). The molecule has 148 valence electrons. The van der Waals surface area contributed by atoms with Gasteiger partial charge in [-0.2, -0.15) is 0 Å². The predicted octanol–water partition coefficient (Wildman–Crippen LogP) is 3.70. The van der Waals surface area contributed by atoms with Crippen molar-refractivity contribution in [2.45, 2.75) is 45.4 Å². The van der Waals surface area contributed by atoms with Crippen LogP contribution >= 0.6 is 0 Å². The van der Waals surface area contributed by atoms with E-state index in [1.165, 1.54) is 0 Å². The summed E-state index contributed by atoms with van der Waals surface area (Å²) in [6.45, 7) is 2.64. The fourth-order valence-corrected chi connectivity index (χ4v) is 3.65. The first-order valence-corrected chi connectivity index (χ1v) is 9.74. The largest absolute Gasteiger partial charge is 0.493 e. The number of carbonyl (C=O) groups is 2. The van der Waals surface area contributed by atoms with Gasteiger partial charge in [-0.1, -0.05) is 25.1 Å². The van der Waals surface area contributed by atoms with E-state index in [2.05, 4.69) is 24.4 Å². The second-order valence-electron chi connectivity index (χ2n) is 6.98. The van der Waals surface area contributed by atoms with Crippen LogP contribution in [0.25, 0.3) is 0 Å². The SMILES string of the molecule is CC/C=C\C[C@H]1C(=O)CC[C@@H]1CC(=O)NCCc1ccc(OC)c(OC)c1. The van der Waals surface area contributed by atoms with Crippen molar-refractivity contribution in [2.24, 2.45) is 11.8 Å². The lowest BCUT2D eigenvalue weighted by atomic mass is 9.89. The number of ether oxygens (including phenoxy) is 2. The fourth-order valence-electron chi connectivity index (χ4n) is 3.65. The van der Waals surface area contributed by atoms with Gasteiger partial charge in [-0.25, -0.2) is 0 Å². The number of hydrogen-bond donors (Lipinski definition) is 1. The molecule has 1 amide bonds. The summed E-state index contributed by atoms with van der Waals surface area (Å²) in [6.07, 6.45) is 8.49. The Morgan fingerprint density at radius 1 is 1.22 bits per heavy atom. The molecule has 1 aromatic carbocycles. The quantitative estimate of drug-likeness (QED) is 0.635. The number of rotatable bonds is 10. The number of ketones is 1. The van der Waals surface area contributed by atoms with Crippen molar-refractivity contribution in [2.75, 3.05) is 20.8 Å². The molecule has 5 heteroatoms. The van der Waals surface area contributed by atoms with Crippen molar-refractivity contribution in [3.8, 4) is 11.5 Å². The standard InChI is InChI=1S/C22H31NO4/c1-4-5-6-7-18-17(9-10-19(18)24)15-22(25)23-13-12-16-8-11-20(26-2)21(14-16)27-3/h5-6,8,11,14,17-18H,4,7,9-10,12-13,15H2,1-3H3,(H,23,25)/b6-5-/t17-,18-/m1/s1. The van der Waals surface area contributed by atoms with Crippen LogP contribution in [0.4, 0.5) is 0 Å². The van der Waals surface area contributed by atoms with Crippen LogP contribution in [-0.2, 0) is 16.0 Å². The Labute approximate surface area is 162 Å². The summed E-state index contributed by atoms with van der Waals surface area (Å²) in [5.41, 5.74) is 1.08. The molecule has 0 aliphatic heterocycles. The highest BCUT2D eigenvalue weighted by Crippen LogP contribution is 2.34. The Bertz CT molecular complexity index is 668. The number of carbonyl (C=O) groups excluding carboxylic acids is 2. The van der Waals surface area contributed by atoms with Crippen molar-refractivity contribution in [3.05, 3.63) is 35.9 Å². The summed E-state index contributed by atoms with van der Waals surface area (Å²) in [6, 6.07) is 5.77. The van der Waals surface area contributed by atoms with Gasteiger partial charge < -0.3 is 14.8 Å². The van der Waals surface area contributed by atoms with Crippen LogP contribution in [0.5, 0.6) is 11.5 Å². The lowest BCUT2D eigenvalue weighted by Crippen LogP contribution is -2.29. The molecule has 1 aromatic rings. The van der Waals surface area contributed by atoms with Crippen LogP contribution in [0.2, 0.25) is 0 Å². The molecule has 0 radical (unpaired) electrons. The predicted molar refractivity (Wildman–Crippen MR) is 106 cm³/mol. The Hall–Kier alpha value is -2.30. The lowest BCUT2D eigenvalue weighted by molar-refractivity contribution is -0.123. The molecule has 0 heterocycles. The van der Waals surface area contributed by atoms with Crippen molar-refractivity contribution in [3.63, 3.8) is 0 Å². The van der Waals surface area contributed by atoms with Crippen LogP contribution in [-0.4, -0.2) is 32.5 Å². The molecule has 1 aliphatic carbocycles. The summed E-state index contributed by atoms with van der Waals surface area (Å²) in [7, 11) is 3.22. The third-order valence-electron chi connectivity index (χ3n) is 5.17. The summed E-state index contributed by atoms with van der Waals surface area (Å²) in [5, 5.41) is 2.99. The maximum Gasteiger partial charge on any atom is 0.220 e. The summed E-state index contributed by atoms with van der Waals surface area (Å²) >= 11 is 0. The number of nitrogens with one attached hydrogen (secondary N) is 1. The first-order valence-electron chi connectivity index (χ1n) is 9.74. The molecular weight excluding hydrogens is 342 g/mol. The number of methoxy groups -OCH3 is 2. The Morgan fingerprint density at radius 3 is 2.70 bits per heavy atom. The van der Waals surface area contributed by atoms with Gasteiger partial charge in [-0.3, -0.25) is 9.59 Å². The van der Waals surface area contributed by atoms with Crippen LogP contribution in [0, 0.1) is 11.8 Å². The maximum atomic E-state index is 12.3. The minimum absolute atomic E-state index is 0.00407. The second kappa shape index (κ2) is 10.8. The topological polar surface area (TPSA) is 64.6 Å². The summed E-state index contributed by atoms with van der Waals surface area (Å²) in [5.74, 6) is 1.89. The molecule has 1 fully saturated rings. The Morgan fingerprint density at radius 2 is 2.00 bits per heavy atom. The normalized spacial score (nSPS) is 19.4. The number of allylic oxidation sites excluding steroid dienone is 2. The van der Waals surface area contributed by atoms with E-state index in [0.29, 0.717) is 36.7 Å². The fraction of sp³-hybridized carbons (Fsp3) is 0.545. The molecule has 0 saturated heterocycles. The van der Waals surface area contributed by atoms with Crippen molar-refractivity contribution >= 4 is 11.7 Å². The van der Waals surface area contributed by atoms with Gasteiger partial charge in [0.15, 0.2) is 11.5 Å². The van der Waals surface area contributed by atoms with Crippen LogP contribution in [0.3, 0.4) is 0 Å². The monoisotopic (exact) mass is 373 g/mol. The van der Waals surface area contributed by atoms with E-state index in [-0.39, 0.29) is 17.7 Å². The highest BCUT2D eigenvalue weighted by Gasteiger charge is 2.34. The maximum absolute atomic E-state index is 12.3. The summed E-state index contributed by atoms with van der Waals surface area (Å²) in [4.78, 5) is 24.4. The molecule has 2 atom stereocenters. The third-order valence-corrected chi connectivity index (χ3v) is 5.17. The van der Waals surface area contributed by atoms with E-state index < -0.39 is 0 Å². The summed E-state index contributed by atoms with van der Waals surface area (Å²) < 4.78 is 10.5. The van der Waals surface area contributed by atoms with Gasteiger partial charge in [0.2, 0.25) is 5.91 Å². The Kier molecular flexibility index (Phi) is 8.37. The highest BCUT2D eigenvalue weighted by molar-refractivity contribution is 5.85. The molecule has 27 heavy (non-hydrogen) atoms. The van der Waals surface area contributed by atoms with Gasteiger partial charge in [0, 0.05) is 25.3 Å². The van der Waals surface area contributed by atoms with Crippen molar-refractivity contribution in [1.29, 1.82) is 0 Å². The second-order valence-corrected chi connectivity index (χ2v) is 6.98. The molecular formula is C22H31NO4. The average Bonchev–Trinajstić information content (AvgIpc) is 3.01. The molecule has 0 spiro atoms. The molecule has 1 saturated carbocycles. The van der Waals surface area contributed by atoms with E-state index in [1.807, 2.05) is 18.2 Å². The van der Waals surface area contributed by atoms with Crippen molar-refractivity contribution in [1.82, 2.24) is 5.32 Å².